The molecule has 22 heavy (non-hydrogen) atoms. The largest absolute Gasteiger partial charge is 0.461 e. The number of benzene rings is 1. The van der Waals surface area contributed by atoms with Crippen LogP contribution in [0.4, 0.5) is 13.2 Å². The Hall–Kier alpha value is -1.49. The van der Waals surface area contributed by atoms with Crippen LogP contribution in [0.1, 0.15) is 19.4 Å². The summed E-state index contributed by atoms with van der Waals surface area (Å²) in [5, 5.41) is -1.19. The molecule has 6 heteroatoms. The zero-order valence-electron chi connectivity index (χ0n) is 12.2. The molecule has 0 saturated heterocycles. The predicted octanol–water partition coefficient (Wildman–Crippen LogP) is 4.69. The lowest BCUT2D eigenvalue weighted by Crippen LogP contribution is -2.11. The molecule has 0 N–H and O–H groups in total. The Morgan fingerprint density at radius 2 is 1.91 bits per heavy atom. The van der Waals surface area contributed by atoms with E-state index in [0.29, 0.717) is 0 Å². The van der Waals surface area contributed by atoms with E-state index < -0.39 is 34.4 Å². The van der Waals surface area contributed by atoms with Gasteiger partial charge in [-0.05, 0) is 16.9 Å². The van der Waals surface area contributed by atoms with Crippen molar-refractivity contribution < 1.29 is 22.7 Å². The van der Waals surface area contributed by atoms with E-state index >= 15 is 0 Å². The average molecular weight is 333 g/mol. The van der Waals surface area contributed by atoms with E-state index in [1.54, 1.807) is 13.8 Å². The molecule has 0 aliphatic heterocycles. The summed E-state index contributed by atoms with van der Waals surface area (Å²) in [5.74, 6) is -1.67. The second-order valence-corrected chi connectivity index (χ2v) is 6.34. The lowest BCUT2D eigenvalue weighted by molar-refractivity contribution is -0.147. The molecule has 1 aliphatic rings. The Morgan fingerprint density at radius 3 is 2.45 bits per heavy atom. The molecule has 0 radical (unpaired) electrons. The van der Waals surface area contributed by atoms with E-state index in [9.17, 15) is 18.0 Å². The van der Waals surface area contributed by atoms with Crippen LogP contribution < -0.4 is 0 Å². The number of rotatable bonds is 4. The van der Waals surface area contributed by atoms with E-state index in [4.69, 9.17) is 16.3 Å². The maximum atomic E-state index is 12.5. The Balaban J connectivity index is 1.99. The first-order chi connectivity index (χ1) is 10.1. The fraction of sp³-hybridized carbons (Fsp3) is 0.438. The minimum atomic E-state index is -4.58. The normalized spacial score (nSPS) is 24.0. The molecule has 1 aromatic carbocycles. The molecule has 2 nitrogen and oxygen atoms in total. The number of hydrogen-bond acceptors (Lipinski definition) is 2. The topological polar surface area (TPSA) is 26.3 Å². The first kappa shape index (κ1) is 16.9. The van der Waals surface area contributed by atoms with Crippen molar-refractivity contribution in [2.45, 2.75) is 26.6 Å². The molecule has 1 aromatic rings. The van der Waals surface area contributed by atoms with Crippen LogP contribution in [0, 0.1) is 17.3 Å². The van der Waals surface area contributed by atoms with E-state index in [1.807, 2.05) is 30.3 Å². The Labute approximate surface area is 131 Å². The second-order valence-electron chi connectivity index (χ2n) is 5.93. The van der Waals surface area contributed by atoms with Gasteiger partial charge in [0, 0.05) is 0 Å². The summed E-state index contributed by atoms with van der Waals surface area (Å²) in [6.45, 7) is 3.56. The van der Waals surface area contributed by atoms with Gasteiger partial charge in [-0.2, -0.15) is 13.2 Å². The molecule has 2 rings (SSSR count). The Kier molecular flexibility index (Phi) is 4.57. The third-order valence-corrected chi connectivity index (χ3v) is 4.33. The van der Waals surface area contributed by atoms with Gasteiger partial charge in [0.1, 0.15) is 11.6 Å². The maximum Gasteiger partial charge on any atom is 0.426 e. The van der Waals surface area contributed by atoms with Gasteiger partial charge in [-0.3, -0.25) is 4.79 Å². The summed E-state index contributed by atoms with van der Waals surface area (Å²) in [5.41, 5.74) is 0.244. The van der Waals surface area contributed by atoms with Crippen LogP contribution in [0.3, 0.4) is 0 Å². The number of hydrogen-bond donors (Lipinski definition) is 0. The highest BCUT2D eigenvalue weighted by Gasteiger charge is 2.62. The molecule has 0 aromatic heterocycles. The molecule has 2 atom stereocenters. The monoisotopic (exact) mass is 332 g/mol. The number of alkyl halides is 3. The number of ether oxygens (including phenoxy) is 1. The van der Waals surface area contributed by atoms with Crippen molar-refractivity contribution in [3.8, 4) is 0 Å². The van der Waals surface area contributed by atoms with E-state index in [2.05, 4.69) is 0 Å². The SMILES string of the molecule is CC1(C)[C@H](C=C(Cl)C(F)(F)F)[C@H]1C(=O)OCc1ccccc1. The molecular formula is C16H16ClF3O2. The van der Waals surface area contributed by atoms with Crippen molar-refractivity contribution in [3.05, 3.63) is 47.0 Å². The van der Waals surface area contributed by atoms with Crippen molar-refractivity contribution in [1.82, 2.24) is 0 Å². The van der Waals surface area contributed by atoms with Crippen LogP contribution in [0.15, 0.2) is 41.4 Å². The fourth-order valence-electron chi connectivity index (χ4n) is 2.51. The second kappa shape index (κ2) is 5.95. The minimum absolute atomic E-state index is 0.107. The van der Waals surface area contributed by atoms with Crippen LogP contribution in [-0.2, 0) is 16.1 Å². The highest BCUT2D eigenvalue weighted by Crippen LogP contribution is 2.60. The van der Waals surface area contributed by atoms with Gasteiger partial charge in [-0.1, -0.05) is 61.9 Å². The van der Waals surface area contributed by atoms with Crippen molar-refractivity contribution in [3.63, 3.8) is 0 Å². The van der Waals surface area contributed by atoms with Gasteiger partial charge in [0.2, 0.25) is 0 Å². The first-order valence-corrected chi connectivity index (χ1v) is 7.17. The molecule has 0 amide bonds. The molecule has 0 heterocycles. The van der Waals surface area contributed by atoms with Gasteiger partial charge in [-0.15, -0.1) is 0 Å². The summed E-state index contributed by atoms with van der Waals surface area (Å²) in [7, 11) is 0. The molecule has 0 unspecified atom stereocenters. The molecule has 0 spiro atoms. The van der Waals surface area contributed by atoms with Crippen molar-refractivity contribution in [2.75, 3.05) is 0 Å². The third-order valence-electron chi connectivity index (χ3n) is 3.99. The molecular weight excluding hydrogens is 317 g/mol. The Morgan fingerprint density at radius 1 is 1.32 bits per heavy atom. The molecule has 1 fully saturated rings. The lowest BCUT2D eigenvalue weighted by Gasteiger charge is -2.05. The number of halogens is 4. The average Bonchev–Trinajstić information content (AvgIpc) is 2.97. The number of carbonyl (C=O) groups excluding carboxylic acids is 1. The summed E-state index contributed by atoms with van der Waals surface area (Å²) >= 11 is 5.25. The third kappa shape index (κ3) is 3.64. The highest BCUT2D eigenvalue weighted by atomic mass is 35.5. The number of allylic oxidation sites excluding steroid dienone is 2. The van der Waals surface area contributed by atoms with Gasteiger partial charge in [-0.25, -0.2) is 0 Å². The molecule has 0 bridgehead atoms. The van der Waals surface area contributed by atoms with Crippen molar-refractivity contribution in [1.29, 1.82) is 0 Å². The molecule has 120 valence electrons. The maximum absolute atomic E-state index is 12.5. The zero-order chi connectivity index (χ0) is 16.5. The highest BCUT2D eigenvalue weighted by molar-refractivity contribution is 6.30. The van der Waals surface area contributed by atoms with Crippen LogP contribution in [-0.4, -0.2) is 12.1 Å². The van der Waals surface area contributed by atoms with Gasteiger partial charge in [0.15, 0.2) is 0 Å². The van der Waals surface area contributed by atoms with Crippen LogP contribution >= 0.6 is 11.6 Å². The lowest BCUT2D eigenvalue weighted by atomic mass is 10.1. The van der Waals surface area contributed by atoms with E-state index in [1.165, 1.54) is 0 Å². The number of carbonyl (C=O) groups is 1. The van der Waals surface area contributed by atoms with Crippen LogP contribution in [0.2, 0.25) is 0 Å². The fourth-order valence-corrected chi connectivity index (χ4v) is 2.65. The first-order valence-electron chi connectivity index (χ1n) is 6.79. The van der Waals surface area contributed by atoms with Crippen molar-refractivity contribution in [2.24, 2.45) is 17.3 Å². The quantitative estimate of drug-likeness (QED) is 0.748. The molecule has 1 aliphatic carbocycles. The predicted molar refractivity (Wildman–Crippen MR) is 77.0 cm³/mol. The van der Waals surface area contributed by atoms with Gasteiger partial charge >= 0.3 is 12.1 Å². The Bertz CT molecular complexity index is 579. The van der Waals surface area contributed by atoms with Crippen molar-refractivity contribution >= 4 is 17.6 Å². The van der Waals surface area contributed by atoms with E-state index in [-0.39, 0.29) is 6.61 Å². The summed E-state index contributed by atoms with van der Waals surface area (Å²) in [4.78, 5) is 12.1. The standard InChI is InChI=1S/C16H16ClF3O2/c1-15(2)11(8-12(17)16(18,19)20)13(15)14(21)22-9-10-6-4-3-5-7-10/h3-8,11,13H,9H2,1-2H3/t11-,13+/m1/s1. The van der Waals surface area contributed by atoms with Crippen LogP contribution in [0.25, 0.3) is 0 Å². The van der Waals surface area contributed by atoms with E-state index in [0.717, 1.165) is 11.6 Å². The van der Waals surface area contributed by atoms with Gasteiger partial charge in [0.05, 0.1) is 5.92 Å². The minimum Gasteiger partial charge on any atom is -0.461 e. The number of esters is 1. The molecule has 1 saturated carbocycles. The van der Waals surface area contributed by atoms with Crippen LogP contribution in [0.5, 0.6) is 0 Å². The summed E-state index contributed by atoms with van der Waals surface area (Å²) < 4.78 is 42.6. The zero-order valence-corrected chi connectivity index (χ0v) is 12.9. The van der Waals surface area contributed by atoms with Gasteiger partial charge in [0.25, 0.3) is 0 Å². The van der Waals surface area contributed by atoms with Gasteiger partial charge < -0.3 is 4.74 Å². The summed E-state index contributed by atoms with van der Waals surface area (Å²) in [6, 6.07) is 9.10. The summed E-state index contributed by atoms with van der Waals surface area (Å²) in [6.07, 6.45) is -3.67. The smallest absolute Gasteiger partial charge is 0.426 e.